The minimum Gasteiger partial charge on any atom is -0.444 e. The van der Waals surface area contributed by atoms with Crippen molar-refractivity contribution < 1.29 is 9.53 Å². The Morgan fingerprint density at radius 3 is 2.23 bits per heavy atom. The van der Waals surface area contributed by atoms with Crippen LogP contribution in [0, 0.1) is 0 Å². The van der Waals surface area contributed by atoms with Crippen molar-refractivity contribution >= 4 is 11.8 Å². The Kier molecular flexibility index (Phi) is 13.7. The van der Waals surface area contributed by atoms with Crippen molar-refractivity contribution in [3.05, 3.63) is 90.1 Å². The van der Waals surface area contributed by atoms with Gasteiger partial charge in [0, 0.05) is 5.70 Å². The molecule has 0 aliphatic heterocycles. The summed E-state index contributed by atoms with van der Waals surface area (Å²) in [6.07, 6.45) is 13.0. The predicted molar refractivity (Wildman–Crippen MR) is 136 cm³/mol. The van der Waals surface area contributed by atoms with E-state index in [0.717, 1.165) is 12.0 Å². The predicted octanol–water partition coefficient (Wildman–Crippen LogP) is 8.17. The van der Waals surface area contributed by atoms with Gasteiger partial charge in [-0.25, -0.2) is 4.79 Å². The van der Waals surface area contributed by atoms with Crippen LogP contribution in [0.1, 0.15) is 72.4 Å². The van der Waals surface area contributed by atoms with Gasteiger partial charge in [-0.15, -0.1) is 0 Å². The molecular formula is C28H41NO2. The van der Waals surface area contributed by atoms with Gasteiger partial charge in [0.25, 0.3) is 0 Å². The molecule has 170 valence electrons. The molecule has 0 heterocycles. The first-order valence-electron chi connectivity index (χ1n) is 10.9. The van der Waals surface area contributed by atoms with Crippen LogP contribution >= 0.6 is 0 Å². The number of carbonyl (C=O) groups is 1. The number of hydrogen-bond acceptors (Lipinski definition) is 2. The smallest absolute Gasteiger partial charge is 0.412 e. The van der Waals surface area contributed by atoms with E-state index in [1.54, 1.807) is 0 Å². The van der Waals surface area contributed by atoms with Gasteiger partial charge in [0.15, 0.2) is 0 Å². The van der Waals surface area contributed by atoms with E-state index in [1.807, 2.05) is 65.0 Å². The van der Waals surface area contributed by atoms with Crippen LogP contribution in [0.3, 0.4) is 0 Å². The maximum Gasteiger partial charge on any atom is 0.412 e. The van der Waals surface area contributed by atoms with Gasteiger partial charge in [-0.05, 0) is 76.7 Å². The highest BCUT2D eigenvalue weighted by Gasteiger charge is 2.16. The van der Waals surface area contributed by atoms with Crippen molar-refractivity contribution in [2.24, 2.45) is 0 Å². The van der Waals surface area contributed by atoms with Crippen molar-refractivity contribution in [3.8, 4) is 0 Å². The van der Waals surface area contributed by atoms with Gasteiger partial charge in [0.1, 0.15) is 5.60 Å². The Balaban J connectivity index is 0.000000695. The number of unbranched alkanes of at least 4 members (excludes halogenated alkanes) is 1. The first-order valence-corrected chi connectivity index (χ1v) is 10.9. The average molecular weight is 424 g/mol. The molecule has 0 aliphatic rings. The lowest BCUT2D eigenvalue weighted by Gasteiger charge is -2.20. The number of benzene rings is 1. The summed E-state index contributed by atoms with van der Waals surface area (Å²) in [5, 5.41) is 2.66. The summed E-state index contributed by atoms with van der Waals surface area (Å²) in [6, 6.07) is 8.11. The zero-order chi connectivity index (χ0) is 23.9. The second kappa shape index (κ2) is 15.1. The Labute approximate surface area is 190 Å². The number of allylic oxidation sites excluding steroid dienone is 7. The molecule has 1 aromatic carbocycles. The lowest BCUT2D eigenvalue weighted by Crippen LogP contribution is -2.31. The number of carbonyl (C=O) groups excluding carboxylic acids is 1. The van der Waals surface area contributed by atoms with Gasteiger partial charge in [-0.3, -0.25) is 5.32 Å². The van der Waals surface area contributed by atoms with Crippen molar-refractivity contribution in [1.29, 1.82) is 0 Å². The second-order valence-electron chi connectivity index (χ2n) is 8.24. The van der Waals surface area contributed by atoms with E-state index in [2.05, 4.69) is 56.6 Å². The molecule has 0 unspecified atom stereocenters. The van der Waals surface area contributed by atoms with Crippen LogP contribution in [-0.4, -0.2) is 11.7 Å². The van der Waals surface area contributed by atoms with Crippen LogP contribution in [-0.2, 0) is 11.2 Å². The third-order valence-electron chi connectivity index (χ3n) is 4.25. The van der Waals surface area contributed by atoms with Crippen molar-refractivity contribution in [3.63, 3.8) is 0 Å². The van der Waals surface area contributed by atoms with E-state index >= 15 is 0 Å². The molecule has 0 fully saturated rings. The minimum atomic E-state index is -0.506. The largest absolute Gasteiger partial charge is 0.444 e. The summed E-state index contributed by atoms with van der Waals surface area (Å²) in [5.74, 6) is 0. The lowest BCUT2D eigenvalue weighted by atomic mass is 10.1. The first kappa shape index (κ1) is 28.2. The molecule has 0 saturated carbocycles. The van der Waals surface area contributed by atoms with E-state index in [-0.39, 0.29) is 0 Å². The average Bonchev–Trinajstić information content (AvgIpc) is 2.70. The zero-order valence-corrected chi connectivity index (χ0v) is 20.5. The fourth-order valence-electron chi connectivity index (χ4n) is 2.66. The molecule has 0 saturated heterocycles. The minimum absolute atomic E-state index is 0.474. The molecule has 0 spiro atoms. The van der Waals surface area contributed by atoms with Crippen LogP contribution in [0.4, 0.5) is 4.79 Å². The van der Waals surface area contributed by atoms with Crippen molar-refractivity contribution in [2.75, 3.05) is 0 Å². The van der Waals surface area contributed by atoms with E-state index in [9.17, 15) is 4.79 Å². The number of hydrogen-bond donors (Lipinski definition) is 1. The molecule has 1 N–H and O–H groups in total. The highest BCUT2D eigenvalue weighted by molar-refractivity contribution is 5.81. The number of amides is 1. The maximum atomic E-state index is 11.7. The molecule has 0 aliphatic carbocycles. The first-order chi connectivity index (χ1) is 14.6. The Bertz CT molecular complexity index is 787. The van der Waals surface area contributed by atoms with E-state index < -0.39 is 11.7 Å². The molecular weight excluding hydrogens is 382 g/mol. The lowest BCUT2D eigenvalue weighted by molar-refractivity contribution is 0.0558. The third kappa shape index (κ3) is 13.2. The quantitative estimate of drug-likeness (QED) is 0.428. The monoisotopic (exact) mass is 423 g/mol. The molecule has 0 radical (unpaired) electrons. The van der Waals surface area contributed by atoms with Crippen LogP contribution < -0.4 is 5.32 Å². The number of alkyl carbamates (subject to hydrolysis) is 1. The molecule has 1 aromatic rings. The molecule has 31 heavy (non-hydrogen) atoms. The fourth-order valence-corrected chi connectivity index (χ4v) is 2.66. The van der Waals surface area contributed by atoms with Crippen molar-refractivity contribution in [2.45, 2.75) is 73.3 Å². The highest BCUT2D eigenvalue weighted by Crippen LogP contribution is 2.14. The number of nitrogens with one attached hydrogen (secondary N) is 1. The van der Waals surface area contributed by atoms with Gasteiger partial charge in [0.05, 0.1) is 0 Å². The normalized spacial score (nSPS) is 12.1. The van der Waals surface area contributed by atoms with Crippen LogP contribution in [0.2, 0.25) is 0 Å². The van der Waals surface area contributed by atoms with Gasteiger partial charge in [-0.1, -0.05) is 81.1 Å². The maximum absolute atomic E-state index is 11.7. The molecule has 3 heteroatoms. The van der Waals surface area contributed by atoms with E-state index in [1.165, 1.54) is 29.6 Å². The summed E-state index contributed by atoms with van der Waals surface area (Å²) >= 11 is 0. The summed E-state index contributed by atoms with van der Waals surface area (Å²) in [4.78, 5) is 11.7. The topological polar surface area (TPSA) is 38.3 Å². The molecule has 0 aromatic heterocycles. The highest BCUT2D eigenvalue weighted by atomic mass is 16.6. The molecule has 3 nitrogen and oxygen atoms in total. The summed E-state index contributed by atoms with van der Waals surface area (Å²) in [6.45, 7) is 21.3. The fraction of sp³-hybridized carbons (Fsp3) is 0.393. The SMILES string of the molecule is C=C(NC(=O)OC(C)(C)C)c1ccc(CCCC)cc1.C=C\C=C(C)/C(/C=C\C)=C\C. The van der Waals surface area contributed by atoms with E-state index in [0.29, 0.717) is 5.70 Å². The number of rotatable bonds is 8. The molecule has 1 amide bonds. The summed E-state index contributed by atoms with van der Waals surface area (Å²) in [7, 11) is 0. The Morgan fingerprint density at radius 1 is 1.16 bits per heavy atom. The standard InChI is InChI=1S/C17H25NO2.C11H16/c1-6-7-8-14-9-11-15(12-10-14)13(2)18-16(19)20-17(3,4)5;1-5-8-10(4)11(7-3)9-6-2/h9-12H,2,6-8H2,1,3-5H3,(H,18,19);5-9H,1H2,2-4H3/b;9-6-,10-8-,11-7-. The number of aryl methyl sites for hydroxylation is 1. The van der Waals surface area contributed by atoms with Gasteiger partial charge < -0.3 is 4.74 Å². The summed E-state index contributed by atoms with van der Waals surface area (Å²) in [5.41, 5.74) is 4.76. The molecule has 1 rings (SSSR count). The summed E-state index contributed by atoms with van der Waals surface area (Å²) < 4.78 is 5.20. The van der Waals surface area contributed by atoms with Crippen LogP contribution in [0.25, 0.3) is 5.70 Å². The Morgan fingerprint density at radius 2 is 1.77 bits per heavy atom. The second-order valence-corrected chi connectivity index (χ2v) is 8.24. The zero-order valence-electron chi connectivity index (χ0n) is 20.5. The Hall–Kier alpha value is -2.81. The molecule has 0 atom stereocenters. The third-order valence-corrected chi connectivity index (χ3v) is 4.25. The van der Waals surface area contributed by atoms with Gasteiger partial charge >= 0.3 is 6.09 Å². The number of ether oxygens (including phenoxy) is 1. The molecule has 0 bridgehead atoms. The van der Waals surface area contributed by atoms with Gasteiger partial charge in [0.2, 0.25) is 0 Å². The van der Waals surface area contributed by atoms with Crippen molar-refractivity contribution in [1.82, 2.24) is 5.32 Å². The van der Waals surface area contributed by atoms with Crippen LogP contribution in [0.5, 0.6) is 0 Å². The van der Waals surface area contributed by atoms with Gasteiger partial charge in [-0.2, -0.15) is 0 Å². The van der Waals surface area contributed by atoms with E-state index in [4.69, 9.17) is 4.74 Å². The van der Waals surface area contributed by atoms with Crippen LogP contribution in [0.15, 0.2) is 78.9 Å².